The van der Waals surface area contributed by atoms with Crippen LogP contribution >= 0.6 is 11.3 Å². The number of rotatable bonds is 6. The van der Waals surface area contributed by atoms with Gasteiger partial charge in [0.2, 0.25) is 5.78 Å². The molecule has 0 atom stereocenters. The lowest BCUT2D eigenvalue weighted by molar-refractivity contribution is -0.147. The Bertz CT molecular complexity index is 1000. The Kier molecular flexibility index (Phi) is 4.68. The van der Waals surface area contributed by atoms with Crippen LogP contribution in [0.25, 0.3) is 10.1 Å². The van der Waals surface area contributed by atoms with Crippen molar-refractivity contribution >= 4 is 33.2 Å². The van der Waals surface area contributed by atoms with Gasteiger partial charge in [-0.15, -0.1) is 11.3 Å². The lowest BCUT2D eigenvalue weighted by atomic mass is 9.99. The number of nitrogens with zero attached hydrogens (tertiary/aromatic N) is 1. The van der Waals surface area contributed by atoms with Crippen molar-refractivity contribution < 1.29 is 19.4 Å². The van der Waals surface area contributed by atoms with Crippen LogP contribution in [0, 0.1) is 5.92 Å². The molecule has 2 aromatic carbocycles. The Balaban J connectivity index is 1.50. The van der Waals surface area contributed by atoms with Gasteiger partial charge < -0.3 is 9.84 Å². The lowest BCUT2D eigenvalue weighted by Gasteiger charge is -2.36. The summed E-state index contributed by atoms with van der Waals surface area (Å²) in [6, 6.07) is 15.2. The predicted molar refractivity (Wildman–Crippen MR) is 105 cm³/mol. The van der Waals surface area contributed by atoms with E-state index in [9.17, 15) is 9.59 Å². The van der Waals surface area contributed by atoms with Crippen molar-refractivity contribution in [1.82, 2.24) is 4.90 Å². The monoisotopic (exact) mass is 381 g/mol. The van der Waals surface area contributed by atoms with Crippen LogP contribution in [0.1, 0.15) is 20.8 Å². The Morgan fingerprint density at radius 1 is 1.15 bits per heavy atom. The zero-order valence-electron chi connectivity index (χ0n) is 14.8. The van der Waals surface area contributed by atoms with E-state index in [0.29, 0.717) is 23.5 Å². The fraction of sp³-hybridized carbons (Fsp3) is 0.238. The van der Waals surface area contributed by atoms with Crippen LogP contribution in [0.3, 0.4) is 0 Å². The molecule has 5 nitrogen and oxygen atoms in total. The predicted octanol–water partition coefficient (Wildman–Crippen LogP) is 3.66. The summed E-state index contributed by atoms with van der Waals surface area (Å²) in [5.74, 6) is -0.235. The average molecular weight is 381 g/mol. The molecule has 1 aliphatic heterocycles. The van der Waals surface area contributed by atoms with E-state index >= 15 is 0 Å². The quantitative estimate of drug-likeness (QED) is 0.660. The number of carboxylic acids is 1. The Morgan fingerprint density at radius 2 is 1.89 bits per heavy atom. The Morgan fingerprint density at radius 3 is 2.56 bits per heavy atom. The minimum Gasteiger partial charge on any atom is -0.497 e. The summed E-state index contributed by atoms with van der Waals surface area (Å²) >= 11 is 1.49. The second-order valence-electron chi connectivity index (χ2n) is 6.77. The van der Waals surface area contributed by atoms with Gasteiger partial charge in [0.1, 0.15) is 5.75 Å². The number of ether oxygens (including phenoxy) is 1. The molecule has 0 unspecified atom stereocenters. The van der Waals surface area contributed by atoms with Gasteiger partial charge in [-0.1, -0.05) is 6.07 Å². The van der Waals surface area contributed by atoms with E-state index in [0.717, 1.165) is 27.9 Å². The number of hydrogen-bond acceptors (Lipinski definition) is 5. The maximum Gasteiger partial charge on any atom is 0.309 e. The molecule has 0 saturated carbocycles. The molecule has 6 heteroatoms. The van der Waals surface area contributed by atoms with Crippen molar-refractivity contribution in [2.45, 2.75) is 6.54 Å². The number of hydrogen-bond donors (Lipinski definition) is 1. The van der Waals surface area contributed by atoms with Crippen molar-refractivity contribution in [2.24, 2.45) is 5.92 Å². The zero-order chi connectivity index (χ0) is 19.0. The van der Waals surface area contributed by atoms with E-state index < -0.39 is 5.97 Å². The summed E-state index contributed by atoms with van der Waals surface area (Å²) < 4.78 is 6.21. The highest BCUT2D eigenvalue weighted by Gasteiger charge is 2.32. The Hall–Kier alpha value is -2.70. The summed E-state index contributed by atoms with van der Waals surface area (Å²) in [6.45, 7) is 1.92. The molecular formula is C21H19NO4S. The molecule has 0 spiro atoms. The third-order valence-electron chi connectivity index (χ3n) is 4.87. The number of methoxy groups -OCH3 is 1. The molecule has 1 aromatic heterocycles. The number of carbonyl (C=O) groups is 2. The topological polar surface area (TPSA) is 66.8 Å². The normalized spacial score (nSPS) is 14.9. The molecule has 0 amide bonds. The molecule has 0 aliphatic carbocycles. The number of thiophene rings is 1. The van der Waals surface area contributed by atoms with Crippen molar-refractivity contribution in [3.05, 3.63) is 64.5 Å². The summed E-state index contributed by atoms with van der Waals surface area (Å²) in [4.78, 5) is 26.5. The van der Waals surface area contributed by atoms with Gasteiger partial charge in [-0.2, -0.15) is 0 Å². The number of benzene rings is 2. The number of carboxylic acid groups (broad SMARTS) is 1. The van der Waals surface area contributed by atoms with Gasteiger partial charge in [-0.3, -0.25) is 14.5 Å². The molecule has 1 saturated heterocycles. The number of ketones is 1. The van der Waals surface area contributed by atoms with Gasteiger partial charge in [0, 0.05) is 29.9 Å². The van der Waals surface area contributed by atoms with E-state index in [1.807, 2.05) is 12.1 Å². The number of fused-ring (bicyclic) bond motifs is 1. The summed E-state index contributed by atoms with van der Waals surface area (Å²) in [7, 11) is 1.60. The molecular weight excluding hydrogens is 362 g/mol. The standard InChI is InChI=1S/C21H19NO4S/c1-26-17-5-3-14(4-6-17)20(23)19-9-15-8-13(2-7-18(15)27-19)10-22-11-16(12-22)21(24)25/h2-9,16H,10-12H2,1H3,(H,24,25). The van der Waals surface area contributed by atoms with Crippen LogP contribution < -0.4 is 4.74 Å². The highest BCUT2D eigenvalue weighted by Crippen LogP contribution is 2.30. The number of likely N-dealkylation sites (tertiary alicyclic amines) is 1. The number of carbonyl (C=O) groups excluding carboxylic acids is 1. The first kappa shape index (κ1) is 17.7. The van der Waals surface area contributed by atoms with Gasteiger partial charge >= 0.3 is 5.97 Å². The molecule has 1 N–H and O–H groups in total. The van der Waals surface area contributed by atoms with Crippen LogP contribution in [0.15, 0.2) is 48.5 Å². The molecule has 1 fully saturated rings. The third kappa shape index (κ3) is 3.59. The lowest BCUT2D eigenvalue weighted by Crippen LogP contribution is -2.49. The zero-order valence-corrected chi connectivity index (χ0v) is 15.7. The van der Waals surface area contributed by atoms with Gasteiger partial charge in [-0.25, -0.2) is 0 Å². The van der Waals surface area contributed by atoms with E-state index in [1.54, 1.807) is 31.4 Å². The number of aliphatic carboxylic acids is 1. The summed E-state index contributed by atoms with van der Waals surface area (Å²) in [5, 5.41) is 10.0. The van der Waals surface area contributed by atoms with Gasteiger partial charge in [0.15, 0.2) is 0 Å². The van der Waals surface area contributed by atoms with E-state index in [1.165, 1.54) is 11.3 Å². The summed E-state index contributed by atoms with van der Waals surface area (Å²) in [5.41, 5.74) is 1.77. The van der Waals surface area contributed by atoms with Crippen molar-refractivity contribution in [3.8, 4) is 5.75 Å². The first-order chi connectivity index (χ1) is 13.0. The van der Waals surface area contributed by atoms with Gasteiger partial charge in [0.05, 0.1) is 17.9 Å². The third-order valence-corrected chi connectivity index (χ3v) is 5.98. The Labute approximate surface area is 160 Å². The molecule has 0 radical (unpaired) electrons. The van der Waals surface area contributed by atoms with Crippen LogP contribution in [0.2, 0.25) is 0 Å². The molecule has 2 heterocycles. The van der Waals surface area contributed by atoms with Crippen molar-refractivity contribution in [3.63, 3.8) is 0 Å². The molecule has 138 valence electrons. The molecule has 4 rings (SSSR count). The first-order valence-electron chi connectivity index (χ1n) is 8.70. The molecule has 3 aromatic rings. The van der Waals surface area contributed by atoms with Gasteiger partial charge in [-0.05, 0) is 53.4 Å². The smallest absolute Gasteiger partial charge is 0.309 e. The van der Waals surface area contributed by atoms with Crippen molar-refractivity contribution in [2.75, 3.05) is 20.2 Å². The highest BCUT2D eigenvalue weighted by molar-refractivity contribution is 7.21. The minimum atomic E-state index is -0.721. The van der Waals surface area contributed by atoms with E-state index in [-0.39, 0.29) is 11.7 Å². The second kappa shape index (κ2) is 7.13. The molecule has 0 bridgehead atoms. The maximum atomic E-state index is 12.7. The second-order valence-corrected chi connectivity index (χ2v) is 7.85. The molecule has 1 aliphatic rings. The van der Waals surface area contributed by atoms with Crippen molar-refractivity contribution in [1.29, 1.82) is 0 Å². The van der Waals surface area contributed by atoms with Crippen LogP contribution in [0.4, 0.5) is 0 Å². The molecule has 27 heavy (non-hydrogen) atoms. The van der Waals surface area contributed by atoms with Crippen LogP contribution in [-0.2, 0) is 11.3 Å². The summed E-state index contributed by atoms with van der Waals surface area (Å²) in [6.07, 6.45) is 0. The van der Waals surface area contributed by atoms with E-state index in [4.69, 9.17) is 9.84 Å². The fourth-order valence-corrected chi connectivity index (χ4v) is 4.31. The minimum absolute atomic E-state index is 0.00689. The largest absolute Gasteiger partial charge is 0.497 e. The highest BCUT2D eigenvalue weighted by atomic mass is 32.1. The maximum absolute atomic E-state index is 12.7. The average Bonchev–Trinajstić information content (AvgIpc) is 3.06. The van der Waals surface area contributed by atoms with Crippen LogP contribution in [0.5, 0.6) is 5.75 Å². The first-order valence-corrected chi connectivity index (χ1v) is 9.51. The fourth-order valence-electron chi connectivity index (χ4n) is 3.30. The van der Waals surface area contributed by atoms with Crippen LogP contribution in [-0.4, -0.2) is 42.0 Å². The SMILES string of the molecule is COc1ccc(C(=O)c2cc3cc(CN4CC(C(=O)O)C4)ccc3s2)cc1. The van der Waals surface area contributed by atoms with Gasteiger partial charge in [0.25, 0.3) is 0 Å². The van der Waals surface area contributed by atoms with E-state index in [2.05, 4.69) is 17.0 Å².